The summed E-state index contributed by atoms with van der Waals surface area (Å²) in [6.45, 7) is 3.99. The second-order valence-electron chi connectivity index (χ2n) is 7.39. The zero-order valence-corrected chi connectivity index (χ0v) is 16.8. The maximum atomic E-state index is 4.87. The maximum absolute atomic E-state index is 4.87. The summed E-state index contributed by atoms with van der Waals surface area (Å²) in [6, 6.07) is 7.82. The number of hydrogen-bond donors (Lipinski definition) is 2. The van der Waals surface area contributed by atoms with Crippen molar-refractivity contribution in [1.82, 2.24) is 44.7 Å². The summed E-state index contributed by atoms with van der Waals surface area (Å²) in [5, 5.41) is 7.54. The van der Waals surface area contributed by atoms with Gasteiger partial charge in [0.25, 0.3) is 0 Å². The van der Waals surface area contributed by atoms with Gasteiger partial charge in [0.2, 0.25) is 0 Å². The number of H-pyrrole nitrogens is 2. The van der Waals surface area contributed by atoms with E-state index < -0.39 is 0 Å². The third-order valence-electron chi connectivity index (χ3n) is 5.28. The van der Waals surface area contributed by atoms with Crippen LogP contribution in [0.1, 0.15) is 11.3 Å². The Bertz CT molecular complexity index is 1570. The van der Waals surface area contributed by atoms with Crippen LogP contribution < -0.4 is 0 Å². The Morgan fingerprint density at radius 1 is 0.903 bits per heavy atom. The largest absolute Gasteiger partial charge is 0.336 e. The minimum Gasteiger partial charge on any atom is -0.336 e. The molecule has 6 heterocycles. The van der Waals surface area contributed by atoms with E-state index in [2.05, 4.69) is 30.1 Å². The molecule has 0 fully saturated rings. The molecule has 6 rings (SSSR count). The van der Waals surface area contributed by atoms with Crippen LogP contribution in [0.2, 0.25) is 0 Å². The SMILES string of the molecule is Cc1cn(-c2nccc3[nH]c(-c4n[nH]c5ccc(-c6cnccc6C)nc45)nc23)cn1. The van der Waals surface area contributed by atoms with Gasteiger partial charge in [-0.15, -0.1) is 0 Å². The van der Waals surface area contributed by atoms with E-state index in [1.165, 1.54) is 0 Å². The van der Waals surface area contributed by atoms with Crippen molar-refractivity contribution >= 4 is 22.1 Å². The van der Waals surface area contributed by atoms with Crippen molar-refractivity contribution in [3.8, 4) is 28.6 Å². The first-order valence-corrected chi connectivity index (χ1v) is 9.79. The monoisotopic (exact) mass is 407 g/mol. The lowest BCUT2D eigenvalue weighted by atomic mass is 10.1. The van der Waals surface area contributed by atoms with E-state index in [1.54, 1.807) is 18.7 Å². The average molecular weight is 407 g/mol. The van der Waals surface area contributed by atoms with Crippen molar-refractivity contribution in [3.63, 3.8) is 0 Å². The summed E-state index contributed by atoms with van der Waals surface area (Å²) < 4.78 is 1.87. The smallest absolute Gasteiger partial charge is 0.166 e. The first-order chi connectivity index (χ1) is 15.2. The van der Waals surface area contributed by atoms with Gasteiger partial charge in [0.05, 0.1) is 22.4 Å². The summed E-state index contributed by atoms with van der Waals surface area (Å²) in [5.41, 5.74) is 7.69. The van der Waals surface area contributed by atoms with Crippen LogP contribution in [0.15, 0.2) is 55.4 Å². The maximum Gasteiger partial charge on any atom is 0.166 e. The number of nitrogens with one attached hydrogen (secondary N) is 2. The Morgan fingerprint density at radius 2 is 1.84 bits per heavy atom. The van der Waals surface area contributed by atoms with Crippen LogP contribution in [-0.4, -0.2) is 44.7 Å². The fourth-order valence-corrected chi connectivity index (χ4v) is 3.71. The van der Waals surface area contributed by atoms with Gasteiger partial charge in [0, 0.05) is 30.4 Å². The van der Waals surface area contributed by atoms with E-state index in [9.17, 15) is 0 Å². The van der Waals surface area contributed by atoms with Gasteiger partial charge < -0.3 is 4.98 Å². The van der Waals surface area contributed by atoms with Gasteiger partial charge in [-0.05, 0) is 43.7 Å². The lowest BCUT2D eigenvalue weighted by Crippen LogP contribution is -1.95. The van der Waals surface area contributed by atoms with Crippen LogP contribution >= 0.6 is 0 Å². The number of rotatable bonds is 3. The van der Waals surface area contributed by atoms with Crippen molar-refractivity contribution in [1.29, 1.82) is 0 Å². The van der Waals surface area contributed by atoms with Crippen LogP contribution in [-0.2, 0) is 0 Å². The number of aromatic amines is 2. The normalized spacial score (nSPS) is 11.5. The summed E-state index contributed by atoms with van der Waals surface area (Å²) >= 11 is 0. The number of imidazole rings is 2. The first-order valence-electron chi connectivity index (χ1n) is 9.79. The predicted octanol–water partition coefficient (Wildman–Crippen LogP) is 3.76. The van der Waals surface area contributed by atoms with E-state index in [0.29, 0.717) is 17.3 Å². The molecule has 2 N–H and O–H groups in total. The van der Waals surface area contributed by atoms with Gasteiger partial charge in [0.15, 0.2) is 17.3 Å². The Hall–Kier alpha value is -4.40. The summed E-state index contributed by atoms with van der Waals surface area (Å²) in [4.78, 5) is 26.1. The second kappa shape index (κ2) is 6.56. The highest BCUT2D eigenvalue weighted by Crippen LogP contribution is 2.29. The molecule has 0 aliphatic carbocycles. The van der Waals surface area contributed by atoms with E-state index in [4.69, 9.17) is 9.97 Å². The Kier molecular flexibility index (Phi) is 3.69. The molecule has 0 aliphatic heterocycles. The van der Waals surface area contributed by atoms with Crippen molar-refractivity contribution in [2.45, 2.75) is 13.8 Å². The van der Waals surface area contributed by atoms with Gasteiger partial charge in [-0.25, -0.2) is 19.9 Å². The quantitative estimate of drug-likeness (QED) is 0.462. The van der Waals surface area contributed by atoms with Crippen LogP contribution in [0.5, 0.6) is 0 Å². The van der Waals surface area contributed by atoms with Gasteiger partial charge in [0.1, 0.15) is 17.4 Å². The fourth-order valence-electron chi connectivity index (χ4n) is 3.71. The first kappa shape index (κ1) is 17.5. The number of fused-ring (bicyclic) bond motifs is 2. The van der Waals surface area contributed by atoms with Crippen LogP contribution in [0.3, 0.4) is 0 Å². The summed E-state index contributed by atoms with van der Waals surface area (Å²) in [5.74, 6) is 1.33. The standard InChI is InChI=1S/C22H17N9/c1-12-5-7-23-9-14(12)15-3-4-17-18(26-15)20(30-29-17)21-27-16-6-8-24-22(19(16)28-21)31-10-13(2)25-11-31/h3-11H,1-2H3,(H,27,28)(H,29,30). The van der Waals surface area contributed by atoms with Crippen molar-refractivity contribution in [3.05, 3.63) is 66.6 Å². The molecule has 0 saturated carbocycles. The van der Waals surface area contributed by atoms with Gasteiger partial charge in [-0.1, -0.05) is 0 Å². The van der Waals surface area contributed by atoms with Crippen LogP contribution in [0.4, 0.5) is 0 Å². The molecule has 9 heteroatoms. The molecule has 0 atom stereocenters. The van der Waals surface area contributed by atoms with Gasteiger partial charge in [-0.3, -0.25) is 14.6 Å². The molecular formula is C22H17N9. The Balaban J connectivity index is 1.52. The molecule has 0 unspecified atom stereocenters. The highest BCUT2D eigenvalue weighted by Gasteiger charge is 2.17. The Labute approximate surface area is 176 Å². The van der Waals surface area contributed by atoms with Crippen LogP contribution in [0, 0.1) is 13.8 Å². The van der Waals surface area contributed by atoms with E-state index >= 15 is 0 Å². The van der Waals surface area contributed by atoms with E-state index in [-0.39, 0.29) is 0 Å². The molecule has 0 bridgehead atoms. The minimum absolute atomic E-state index is 0.625. The average Bonchev–Trinajstić information content (AvgIpc) is 3.50. The fraction of sp³-hybridized carbons (Fsp3) is 0.0909. The van der Waals surface area contributed by atoms with Crippen molar-refractivity contribution in [2.75, 3.05) is 0 Å². The van der Waals surface area contributed by atoms with E-state index in [0.717, 1.165) is 44.6 Å². The highest BCUT2D eigenvalue weighted by atomic mass is 15.2. The van der Waals surface area contributed by atoms with E-state index in [1.807, 2.05) is 55.1 Å². The molecule has 9 nitrogen and oxygen atoms in total. The molecular weight excluding hydrogens is 390 g/mol. The molecule has 0 aliphatic rings. The Morgan fingerprint density at radius 3 is 2.68 bits per heavy atom. The molecule has 150 valence electrons. The second-order valence-corrected chi connectivity index (χ2v) is 7.39. The predicted molar refractivity (Wildman–Crippen MR) is 117 cm³/mol. The molecule has 0 saturated heterocycles. The zero-order chi connectivity index (χ0) is 20.9. The molecule has 0 amide bonds. The lowest BCUT2D eigenvalue weighted by molar-refractivity contribution is 1.00. The number of nitrogens with zero attached hydrogens (tertiary/aromatic N) is 7. The third-order valence-corrected chi connectivity index (χ3v) is 5.28. The third kappa shape index (κ3) is 2.78. The molecule has 0 radical (unpaired) electrons. The molecule has 0 aromatic carbocycles. The number of pyridine rings is 3. The topological polar surface area (TPSA) is 114 Å². The van der Waals surface area contributed by atoms with Crippen molar-refractivity contribution < 1.29 is 0 Å². The minimum atomic E-state index is 0.625. The molecule has 6 aromatic rings. The molecule has 0 spiro atoms. The summed E-state index contributed by atoms with van der Waals surface area (Å²) in [6.07, 6.45) is 9.01. The number of aryl methyl sites for hydroxylation is 2. The summed E-state index contributed by atoms with van der Waals surface area (Å²) in [7, 11) is 0. The molecule has 31 heavy (non-hydrogen) atoms. The number of hydrogen-bond acceptors (Lipinski definition) is 6. The van der Waals surface area contributed by atoms with Crippen LogP contribution in [0.25, 0.3) is 50.7 Å². The zero-order valence-electron chi connectivity index (χ0n) is 16.8. The number of aromatic nitrogens is 9. The van der Waals surface area contributed by atoms with Crippen molar-refractivity contribution in [2.24, 2.45) is 0 Å². The lowest BCUT2D eigenvalue weighted by Gasteiger charge is -2.04. The van der Waals surface area contributed by atoms with Gasteiger partial charge in [-0.2, -0.15) is 5.10 Å². The molecule has 6 aromatic heterocycles. The highest BCUT2D eigenvalue weighted by molar-refractivity contribution is 5.92. The van der Waals surface area contributed by atoms with Gasteiger partial charge >= 0.3 is 0 Å².